The van der Waals surface area contributed by atoms with Crippen LogP contribution >= 0.6 is 0 Å². The van der Waals surface area contributed by atoms with Gasteiger partial charge in [0.25, 0.3) is 0 Å². The van der Waals surface area contributed by atoms with Gasteiger partial charge in [0.15, 0.2) is 5.82 Å². The Bertz CT molecular complexity index is 379. The van der Waals surface area contributed by atoms with E-state index in [-0.39, 0.29) is 11.5 Å². The minimum atomic E-state index is -0.350. The van der Waals surface area contributed by atoms with Gasteiger partial charge in [0.05, 0.1) is 18.1 Å². The smallest absolute Gasteiger partial charge is 0.232 e. The van der Waals surface area contributed by atoms with Crippen LogP contribution in [0.25, 0.3) is 0 Å². The molecule has 1 atom stereocenters. The molecule has 1 aromatic rings. The zero-order chi connectivity index (χ0) is 11.7. The van der Waals surface area contributed by atoms with E-state index >= 15 is 0 Å². The molecule has 5 nitrogen and oxygen atoms in total. The van der Waals surface area contributed by atoms with E-state index in [1.807, 2.05) is 0 Å². The first-order valence-electron chi connectivity index (χ1n) is 6.49. The highest BCUT2D eigenvalue weighted by atomic mass is 16.5. The molecule has 2 heterocycles. The lowest BCUT2D eigenvalue weighted by molar-refractivity contribution is 0.0705. The first kappa shape index (κ1) is 11.2. The van der Waals surface area contributed by atoms with Gasteiger partial charge in [-0.3, -0.25) is 0 Å². The van der Waals surface area contributed by atoms with Gasteiger partial charge in [-0.1, -0.05) is 18.0 Å². The maximum atomic E-state index is 6.31. The van der Waals surface area contributed by atoms with Gasteiger partial charge in [0.2, 0.25) is 5.89 Å². The van der Waals surface area contributed by atoms with Crippen LogP contribution in [0.15, 0.2) is 4.52 Å². The Balaban J connectivity index is 1.77. The van der Waals surface area contributed by atoms with E-state index in [1.165, 1.54) is 0 Å². The first-order chi connectivity index (χ1) is 8.28. The van der Waals surface area contributed by atoms with Crippen molar-refractivity contribution in [3.05, 3.63) is 11.7 Å². The van der Waals surface area contributed by atoms with Crippen molar-refractivity contribution in [2.45, 2.75) is 50.0 Å². The molecule has 5 heteroatoms. The maximum absolute atomic E-state index is 6.31. The van der Waals surface area contributed by atoms with E-state index in [2.05, 4.69) is 10.1 Å². The molecule has 1 aromatic heterocycles. The molecule has 0 bridgehead atoms. The van der Waals surface area contributed by atoms with E-state index in [9.17, 15) is 0 Å². The fourth-order valence-electron chi connectivity index (χ4n) is 2.77. The molecule has 3 rings (SSSR count). The Morgan fingerprint density at radius 3 is 2.76 bits per heavy atom. The van der Waals surface area contributed by atoms with Crippen molar-refractivity contribution in [3.63, 3.8) is 0 Å². The molecular formula is C12H19N3O2. The average molecular weight is 237 g/mol. The van der Waals surface area contributed by atoms with Crippen LogP contribution in [0.3, 0.4) is 0 Å². The second kappa shape index (κ2) is 4.38. The topological polar surface area (TPSA) is 74.2 Å². The van der Waals surface area contributed by atoms with Gasteiger partial charge in [-0.05, 0) is 25.7 Å². The Morgan fingerprint density at radius 1 is 1.24 bits per heavy atom. The van der Waals surface area contributed by atoms with E-state index in [4.69, 9.17) is 15.0 Å². The highest BCUT2D eigenvalue weighted by molar-refractivity contribution is 5.08. The first-order valence-corrected chi connectivity index (χ1v) is 6.49. The molecule has 0 aromatic carbocycles. The normalized spacial score (nSPS) is 28.4. The van der Waals surface area contributed by atoms with Gasteiger partial charge in [0, 0.05) is 6.61 Å². The lowest BCUT2D eigenvalue weighted by Crippen LogP contribution is -2.34. The third-order valence-corrected chi connectivity index (χ3v) is 3.89. The number of aromatic nitrogens is 2. The van der Waals surface area contributed by atoms with E-state index in [0.717, 1.165) is 45.1 Å². The summed E-state index contributed by atoms with van der Waals surface area (Å²) in [5, 5.41) is 4.08. The van der Waals surface area contributed by atoms with E-state index in [0.29, 0.717) is 18.3 Å². The standard InChI is InChI=1S/C12H19N3O2/c13-12(5-1-2-6-12)11-14-10(17-15-11)9-4-3-7-16-8-9/h9H,1-8,13H2. The molecule has 1 aliphatic heterocycles. The molecular weight excluding hydrogens is 218 g/mol. The number of hydrogen-bond donors (Lipinski definition) is 1. The largest absolute Gasteiger partial charge is 0.381 e. The second-order valence-corrected chi connectivity index (χ2v) is 5.23. The van der Waals surface area contributed by atoms with Crippen LogP contribution < -0.4 is 5.73 Å². The monoisotopic (exact) mass is 237 g/mol. The van der Waals surface area contributed by atoms with Gasteiger partial charge >= 0.3 is 0 Å². The Hall–Kier alpha value is -0.940. The summed E-state index contributed by atoms with van der Waals surface area (Å²) in [5.74, 6) is 1.65. The van der Waals surface area contributed by atoms with Gasteiger partial charge in [-0.15, -0.1) is 0 Å². The predicted molar refractivity (Wildman–Crippen MR) is 61.4 cm³/mol. The van der Waals surface area contributed by atoms with Gasteiger partial charge < -0.3 is 15.0 Å². The number of nitrogens with zero attached hydrogens (tertiary/aromatic N) is 2. The molecule has 0 amide bonds. The molecule has 1 aliphatic carbocycles. The molecule has 2 N–H and O–H groups in total. The summed E-state index contributed by atoms with van der Waals surface area (Å²) < 4.78 is 10.8. The van der Waals surface area contributed by atoms with Crippen molar-refractivity contribution in [1.82, 2.24) is 10.1 Å². The van der Waals surface area contributed by atoms with Crippen LogP contribution in [0, 0.1) is 0 Å². The molecule has 17 heavy (non-hydrogen) atoms. The van der Waals surface area contributed by atoms with Crippen LogP contribution in [0.2, 0.25) is 0 Å². The van der Waals surface area contributed by atoms with Crippen molar-refractivity contribution in [2.75, 3.05) is 13.2 Å². The summed E-state index contributed by atoms with van der Waals surface area (Å²) in [5.41, 5.74) is 5.96. The minimum absolute atomic E-state index is 0.259. The van der Waals surface area contributed by atoms with Crippen LogP contribution in [0.4, 0.5) is 0 Å². The number of rotatable bonds is 2. The molecule has 1 saturated carbocycles. The SMILES string of the molecule is NC1(c2noc(C3CCCOC3)n2)CCCC1. The number of hydrogen-bond acceptors (Lipinski definition) is 5. The summed E-state index contributed by atoms with van der Waals surface area (Å²) in [6.45, 7) is 1.54. The van der Waals surface area contributed by atoms with E-state index < -0.39 is 0 Å². The summed E-state index contributed by atoms with van der Waals surface area (Å²) in [7, 11) is 0. The third-order valence-electron chi connectivity index (χ3n) is 3.89. The highest BCUT2D eigenvalue weighted by Crippen LogP contribution is 2.35. The number of nitrogens with two attached hydrogens (primary N) is 1. The lowest BCUT2D eigenvalue weighted by atomic mass is 9.98. The molecule has 1 saturated heterocycles. The Morgan fingerprint density at radius 2 is 2.06 bits per heavy atom. The summed E-state index contributed by atoms with van der Waals surface area (Å²) in [4.78, 5) is 4.50. The van der Waals surface area contributed by atoms with Crippen molar-refractivity contribution in [3.8, 4) is 0 Å². The van der Waals surface area contributed by atoms with Crippen LogP contribution in [0.5, 0.6) is 0 Å². The van der Waals surface area contributed by atoms with Crippen molar-refractivity contribution >= 4 is 0 Å². The van der Waals surface area contributed by atoms with Crippen LogP contribution in [-0.2, 0) is 10.3 Å². The van der Waals surface area contributed by atoms with Gasteiger partial charge in [0.1, 0.15) is 0 Å². The zero-order valence-electron chi connectivity index (χ0n) is 10.0. The molecule has 2 fully saturated rings. The Kier molecular flexibility index (Phi) is 2.88. The van der Waals surface area contributed by atoms with Gasteiger partial charge in [-0.25, -0.2) is 0 Å². The van der Waals surface area contributed by atoms with Crippen molar-refractivity contribution in [1.29, 1.82) is 0 Å². The molecule has 94 valence electrons. The maximum Gasteiger partial charge on any atom is 0.232 e. The summed E-state index contributed by atoms with van der Waals surface area (Å²) in [6.07, 6.45) is 6.38. The van der Waals surface area contributed by atoms with Gasteiger partial charge in [-0.2, -0.15) is 4.98 Å². The molecule has 1 unspecified atom stereocenters. The summed E-state index contributed by atoms with van der Waals surface area (Å²) in [6, 6.07) is 0. The predicted octanol–water partition coefficient (Wildman–Crippen LogP) is 1.69. The molecule has 0 spiro atoms. The van der Waals surface area contributed by atoms with Crippen LogP contribution in [-0.4, -0.2) is 23.4 Å². The fourth-order valence-corrected chi connectivity index (χ4v) is 2.77. The second-order valence-electron chi connectivity index (χ2n) is 5.23. The summed E-state index contributed by atoms with van der Waals surface area (Å²) >= 11 is 0. The fraction of sp³-hybridized carbons (Fsp3) is 0.833. The zero-order valence-corrected chi connectivity index (χ0v) is 10.0. The van der Waals surface area contributed by atoms with Crippen molar-refractivity contribution in [2.24, 2.45) is 5.73 Å². The minimum Gasteiger partial charge on any atom is -0.381 e. The highest BCUT2D eigenvalue weighted by Gasteiger charge is 2.36. The molecule has 2 aliphatic rings. The molecule has 0 radical (unpaired) electrons. The third kappa shape index (κ3) is 2.09. The van der Waals surface area contributed by atoms with Crippen LogP contribution in [0.1, 0.15) is 56.2 Å². The average Bonchev–Trinajstić information content (AvgIpc) is 2.99. The lowest BCUT2D eigenvalue weighted by Gasteiger charge is -2.19. The van der Waals surface area contributed by atoms with E-state index in [1.54, 1.807) is 0 Å². The Labute approximate surface area is 101 Å². The van der Waals surface area contributed by atoms with Crippen molar-refractivity contribution < 1.29 is 9.26 Å². The quantitative estimate of drug-likeness (QED) is 0.847. The number of ether oxygens (including phenoxy) is 1.